The highest BCUT2D eigenvalue weighted by Crippen LogP contribution is 2.27. The minimum Gasteiger partial charge on any atom is -0.493 e. The first-order valence-electron chi connectivity index (χ1n) is 12.7. The molecule has 2 heterocycles. The van der Waals surface area contributed by atoms with Gasteiger partial charge in [-0.1, -0.05) is 37.3 Å². The average molecular weight is 560 g/mol. The second-order valence-corrected chi connectivity index (χ2v) is 13.4. The van der Waals surface area contributed by atoms with Crippen LogP contribution in [0.15, 0.2) is 53.6 Å². The minimum absolute atomic E-state index is 0.0466. The topological polar surface area (TPSA) is 65.5 Å². The van der Waals surface area contributed by atoms with Crippen molar-refractivity contribution in [3.8, 4) is 16.9 Å². The van der Waals surface area contributed by atoms with E-state index >= 15 is 0 Å². The van der Waals surface area contributed by atoms with Crippen molar-refractivity contribution in [2.45, 2.75) is 40.5 Å². The monoisotopic (exact) mass is 559 g/mol. The number of nitrogens with zero attached hydrogens (tertiary/aromatic N) is 1. The third-order valence-corrected chi connectivity index (χ3v) is 9.08. The molecule has 0 radical (unpaired) electrons. The lowest BCUT2D eigenvalue weighted by Gasteiger charge is -2.23. The molecule has 37 heavy (non-hydrogen) atoms. The van der Waals surface area contributed by atoms with Crippen LogP contribution in [0.1, 0.15) is 40.5 Å². The van der Waals surface area contributed by atoms with E-state index in [1.807, 2.05) is 73.8 Å². The molecule has 0 unspecified atom stereocenters. The van der Waals surface area contributed by atoms with E-state index in [-0.39, 0.29) is 10.7 Å². The van der Waals surface area contributed by atoms with E-state index < -0.39 is 5.41 Å². The summed E-state index contributed by atoms with van der Waals surface area (Å²) in [4.78, 5) is 29.0. The lowest BCUT2D eigenvalue weighted by molar-refractivity contribution is -0.153. The molecule has 200 valence electrons. The second kappa shape index (κ2) is 14.8. The number of benzene rings is 1. The fourth-order valence-corrected chi connectivity index (χ4v) is 6.18. The normalized spacial score (nSPS) is 11.7. The second-order valence-electron chi connectivity index (χ2n) is 9.91. The van der Waals surface area contributed by atoms with Crippen molar-refractivity contribution in [2.24, 2.45) is 11.3 Å². The fraction of sp³-hybridized carbons (Fsp3) is 0.483. The van der Waals surface area contributed by atoms with Crippen LogP contribution >= 0.6 is 34.9 Å². The van der Waals surface area contributed by atoms with Crippen molar-refractivity contribution in [3.63, 3.8) is 0 Å². The van der Waals surface area contributed by atoms with E-state index in [9.17, 15) is 9.59 Å². The fourth-order valence-electron chi connectivity index (χ4n) is 3.58. The van der Waals surface area contributed by atoms with E-state index in [0.717, 1.165) is 57.3 Å². The van der Waals surface area contributed by atoms with Crippen molar-refractivity contribution in [3.05, 3.63) is 58.3 Å². The first kappa shape index (κ1) is 29.5. The Labute approximate surface area is 232 Å². The number of carbonyl (C=O) groups is 1. The van der Waals surface area contributed by atoms with Gasteiger partial charge in [0.1, 0.15) is 12.4 Å². The highest BCUT2D eigenvalue weighted by molar-refractivity contribution is 8.02. The number of hydrogen-bond donors (Lipinski definition) is 0. The summed E-state index contributed by atoms with van der Waals surface area (Å²) in [6.45, 7) is 9.41. The predicted molar refractivity (Wildman–Crippen MR) is 160 cm³/mol. The van der Waals surface area contributed by atoms with Crippen molar-refractivity contribution < 1.29 is 14.3 Å². The standard InChI is InChI=1S/C29H37NO4S3/c1-21(2)9-11-29(3,4)28(32)34-14-16-36-18-17-35-15-13-33-24-7-5-22(6-8-24)25-19-23-20-30-12-10-26(23)37-27(25)31/h5-8,10,12,19-21H,9,11,13-18H2,1-4H3. The summed E-state index contributed by atoms with van der Waals surface area (Å²) in [5.74, 6) is 5.10. The minimum atomic E-state index is -0.404. The van der Waals surface area contributed by atoms with Gasteiger partial charge < -0.3 is 9.47 Å². The molecule has 8 heteroatoms. The van der Waals surface area contributed by atoms with Crippen LogP contribution in [0.2, 0.25) is 0 Å². The van der Waals surface area contributed by atoms with E-state index in [4.69, 9.17) is 9.47 Å². The van der Waals surface area contributed by atoms with Crippen LogP contribution in [0.3, 0.4) is 0 Å². The van der Waals surface area contributed by atoms with E-state index in [1.165, 1.54) is 11.3 Å². The molecule has 0 aliphatic heterocycles. The van der Waals surface area contributed by atoms with Crippen LogP contribution in [-0.4, -0.2) is 47.2 Å². The Balaban J connectivity index is 1.27. The van der Waals surface area contributed by atoms with Gasteiger partial charge in [0.15, 0.2) is 0 Å². The Hall–Kier alpha value is -2.03. The molecule has 1 aromatic carbocycles. The molecular weight excluding hydrogens is 523 g/mol. The quantitative estimate of drug-likeness (QED) is 0.144. The molecule has 0 saturated carbocycles. The highest BCUT2D eigenvalue weighted by Gasteiger charge is 2.29. The zero-order chi connectivity index (χ0) is 26.7. The number of esters is 1. The number of carbonyl (C=O) groups excluding carboxylic acids is 1. The Morgan fingerprint density at radius 3 is 2.43 bits per heavy atom. The smallest absolute Gasteiger partial charge is 0.311 e. The molecule has 0 N–H and O–H groups in total. The molecule has 0 fully saturated rings. The van der Waals surface area contributed by atoms with Gasteiger partial charge in [0.05, 0.1) is 12.0 Å². The van der Waals surface area contributed by atoms with Crippen molar-refractivity contribution in [1.29, 1.82) is 0 Å². The number of ether oxygens (including phenoxy) is 2. The van der Waals surface area contributed by atoms with Crippen LogP contribution in [0, 0.1) is 11.3 Å². The van der Waals surface area contributed by atoms with Crippen molar-refractivity contribution in [2.75, 3.05) is 36.2 Å². The molecule has 2 aromatic heterocycles. The number of rotatable bonds is 15. The van der Waals surface area contributed by atoms with Gasteiger partial charge in [-0.15, -0.1) is 0 Å². The van der Waals surface area contributed by atoms with Gasteiger partial charge in [-0.25, -0.2) is 0 Å². The number of hydrogen-bond acceptors (Lipinski definition) is 8. The first-order chi connectivity index (χ1) is 17.8. The molecule has 3 rings (SSSR count). The van der Waals surface area contributed by atoms with Gasteiger partial charge in [-0.3, -0.25) is 14.6 Å². The maximum Gasteiger partial charge on any atom is 0.311 e. The molecule has 0 atom stereocenters. The molecule has 0 saturated heterocycles. The van der Waals surface area contributed by atoms with E-state index in [0.29, 0.717) is 24.7 Å². The summed E-state index contributed by atoms with van der Waals surface area (Å²) < 4.78 is 12.3. The van der Waals surface area contributed by atoms with Crippen LogP contribution < -0.4 is 9.48 Å². The average Bonchev–Trinajstić information content (AvgIpc) is 2.88. The maximum absolute atomic E-state index is 12.5. The summed E-state index contributed by atoms with van der Waals surface area (Å²) >= 11 is 4.91. The SMILES string of the molecule is CC(C)CCC(C)(C)C(=O)OCCSCCSCCOc1ccc(-c2cc3cnccc3sc2=O)cc1. The number of fused-ring (bicyclic) bond motifs is 1. The molecule has 0 aliphatic carbocycles. The predicted octanol–water partition coefficient (Wildman–Crippen LogP) is 7.17. The molecule has 3 aromatic rings. The van der Waals surface area contributed by atoms with E-state index in [2.05, 4.69) is 18.8 Å². The number of thioether (sulfide) groups is 2. The molecule has 0 aliphatic rings. The third kappa shape index (κ3) is 9.65. The summed E-state index contributed by atoms with van der Waals surface area (Å²) in [7, 11) is 0. The van der Waals surface area contributed by atoms with E-state index in [1.54, 1.807) is 12.4 Å². The highest BCUT2D eigenvalue weighted by atomic mass is 32.2. The summed E-state index contributed by atoms with van der Waals surface area (Å²) in [5, 5.41) is 0.972. The first-order valence-corrected chi connectivity index (χ1v) is 15.8. The van der Waals surface area contributed by atoms with Crippen LogP contribution in [-0.2, 0) is 9.53 Å². The molecule has 5 nitrogen and oxygen atoms in total. The Kier molecular flexibility index (Phi) is 11.8. The van der Waals surface area contributed by atoms with Crippen molar-refractivity contribution >= 4 is 50.9 Å². The molecule has 0 amide bonds. The summed E-state index contributed by atoms with van der Waals surface area (Å²) in [5.41, 5.74) is 1.17. The molecular formula is C29H37NO4S3. The molecule has 0 spiro atoms. The zero-order valence-corrected chi connectivity index (χ0v) is 24.6. The Bertz CT molecular complexity index is 1190. The summed E-state index contributed by atoms with van der Waals surface area (Å²) in [6, 6.07) is 11.5. The lowest BCUT2D eigenvalue weighted by Crippen LogP contribution is -2.27. The van der Waals surface area contributed by atoms with Gasteiger partial charge >= 0.3 is 5.97 Å². The Morgan fingerprint density at radius 1 is 1.03 bits per heavy atom. The largest absolute Gasteiger partial charge is 0.493 e. The zero-order valence-electron chi connectivity index (χ0n) is 22.2. The van der Waals surface area contributed by atoms with Gasteiger partial charge in [0, 0.05) is 51.1 Å². The third-order valence-electron chi connectivity index (χ3n) is 5.93. The van der Waals surface area contributed by atoms with Crippen LogP contribution in [0.5, 0.6) is 5.75 Å². The maximum atomic E-state index is 12.5. The van der Waals surface area contributed by atoms with Crippen LogP contribution in [0.25, 0.3) is 21.2 Å². The molecule has 0 bridgehead atoms. The van der Waals surface area contributed by atoms with Gasteiger partial charge in [0.2, 0.25) is 4.74 Å². The summed E-state index contributed by atoms with van der Waals surface area (Å²) in [6.07, 6.45) is 5.39. The number of pyridine rings is 1. The van der Waals surface area contributed by atoms with Crippen molar-refractivity contribution in [1.82, 2.24) is 4.98 Å². The van der Waals surface area contributed by atoms with Gasteiger partial charge in [-0.2, -0.15) is 23.5 Å². The number of aromatic nitrogens is 1. The van der Waals surface area contributed by atoms with Crippen LogP contribution in [0.4, 0.5) is 0 Å². The van der Waals surface area contributed by atoms with Gasteiger partial charge in [-0.05, 0) is 62.4 Å². The Morgan fingerprint density at radius 2 is 1.73 bits per heavy atom. The van der Waals surface area contributed by atoms with Gasteiger partial charge in [0.25, 0.3) is 0 Å². The lowest BCUT2D eigenvalue weighted by atomic mass is 9.85.